The van der Waals surface area contributed by atoms with E-state index in [1.54, 1.807) is 0 Å². The van der Waals surface area contributed by atoms with Gasteiger partial charge in [-0.1, -0.05) is 24.3 Å². The van der Waals surface area contributed by atoms with Crippen molar-refractivity contribution in [2.45, 2.75) is 22.1 Å². The van der Waals surface area contributed by atoms with Crippen molar-refractivity contribution < 1.29 is 52.0 Å². The van der Waals surface area contributed by atoms with E-state index in [1.807, 2.05) is 9.44 Å². The SMILES string of the molecule is O=S(=O)(Nc1ccc(-c2c(F)cccc2F)cc1NS(=O)(=O)c1cccc(C(F)(F)F)c1)c1cccc(C(F)(F)F)c1. The molecule has 42 heavy (non-hydrogen) atoms. The number of rotatable bonds is 7. The van der Waals surface area contributed by atoms with Crippen molar-refractivity contribution in [3.63, 3.8) is 0 Å². The zero-order chi connectivity index (χ0) is 31.1. The lowest BCUT2D eigenvalue weighted by Crippen LogP contribution is -2.19. The lowest BCUT2D eigenvalue weighted by molar-refractivity contribution is -0.138. The smallest absolute Gasteiger partial charge is 0.277 e. The van der Waals surface area contributed by atoms with Gasteiger partial charge in [0.25, 0.3) is 20.0 Å². The van der Waals surface area contributed by atoms with Gasteiger partial charge in [-0.2, -0.15) is 26.3 Å². The molecule has 0 atom stereocenters. The maximum atomic E-state index is 14.5. The first-order valence-electron chi connectivity index (χ1n) is 11.4. The summed E-state index contributed by atoms with van der Waals surface area (Å²) in [6.07, 6.45) is -9.82. The summed E-state index contributed by atoms with van der Waals surface area (Å²) in [7, 11) is -9.75. The van der Waals surface area contributed by atoms with Crippen molar-refractivity contribution in [2.24, 2.45) is 0 Å². The lowest BCUT2D eigenvalue weighted by atomic mass is 10.0. The van der Waals surface area contributed by atoms with Gasteiger partial charge in [-0.15, -0.1) is 0 Å². The number of halogens is 8. The van der Waals surface area contributed by atoms with E-state index in [4.69, 9.17) is 0 Å². The van der Waals surface area contributed by atoms with Crippen LogP contribution in [0.4, 0.5) is 46.5 Å². The highest BCUT2D eigenvalue weighted by Crippen LogP contribution is 2.36. The number of hydrogen-bond acceptors (Lipinski definition) is 4. The second kappa shape index (κ2) is 10.9. The van der Waals surface area contributed by atoms with Gasteiger partial charge in [0.2, 0.25) is 0 Å². The van der Waals surface area contributed by atoms with Crippen LogP contribution in [-0.2, 0) is 32.4 Å². The Hall–Kier alpha value is -4.18. The van der Waals surface area contributed by atoms with Crippen molar-refractivity contribution in [3.05, 3.63) is 108 Å². The zero-order valence-electron chi connectivity index (χ0n) is 20.6. The van der Waals surface area contributed by atoms with Gasteiger partial charge < -0.3 is 0 Å². The minimum Gasteiger partial charge on any atom is -0.277 e. The van der Waals surface area contributed by atoms with Crippen molar-refractivity contribution in [1.29, 1.82) is 0 Å². The first-order valence-corrected chi connectivity index (χ1v) is 14.3. The Balaban J connectivity index is 1.83. The molecule has 4 rings (SSSR count). The van der Waals surface area contributed by atoms with Crippen LogP contribution >= 0.6 is 0 Å². The minimum atomic E-state index is -4.92. The molecule has 4 aromatic carbocycles. The molecule has 0 heterocycles. The largest absolute Gasteiger partial charge is 0.416 e. The van der Waals surface area contributed by atoms with E-state index in [-0.39, 0.29) is 5.56 Å². The van der Waals surface area contributed by atoms with Crippen LogP contribution in [0.2, 0.25) is 0 Å². The van der Waals surface area contributed by atoms with Crippen LogP contribution < -0.4 is 9.44 Å². The van der Waals surface area contributed by atoms with E-state index in [9.17, 15) is 52.0 Å². The van der Waals surface area contributed by atoms with Gasteiger partial charge >= 0.3 is 12.4 Å². The average Bonchev–Trinajstić information content (AvgIpc) is 2.89. The molecule has 222 valence electrons. The van der Waals surface area contributed by atoms with Crippen LogP contribution in [0, 0.1) is 11.6 Å². The molecule has 0 aliphatic rings. The first kappa shape index (κ1) is 30.8. The van der Waals surface area contributed by atoms with Crippen molar-refractivity contribution in [1.82, 2.24) is 0 Å². The molecule has 0 aliphatic heterocycles. The Morgan fingerprint density at radius 3 is 1.40 bits per heavy atom. The summed E-state index contributed by atoms with van der Waals surface area (Å²) in [6, 6.07) is 10.6. The third-order valence-corrected chi connectivity index (χ3v) is 8.43. The standard InChI is InChI=1S/C26H16F8N2O4S2/c27-20-8-3-9-21(28)24(20)15-10-11-22(35-41(37,38)18-6-1-4-16(13-18)25(29,30)31)23(12-15)36-42(39,40)19-7-2-5-17(14-19)26(32,33)34/h1-14,35-36H. The normalized spacial score (nSPS) is 12.7. The Kier molecular flexibility index (Phi) is 7.99. The molecule has 0 radical (unpaired) electrons. The maximum absolute atomic E-state index is 14.5. The summed E-state index contributed by atoms with van der Waals surface area (Å²) in [6.45, 7) is 0. The predicted molar refractivity (Wildman–Crippen MR) is 136 cm³/mol. The zero-order valence-corrected chi connectivity index (χ0v) is 22.2. The third-order valence-electron chi connectivity index (χ3n) is 5.70. The molecular formula is C26H16F8N2O4S2. The highest BCUT2D eigenvalue weighted by atomic mass is 32.2. The van der Waals surface area contributed by atoms with Crippen LogP contribution in [-0.4, -0.2) is 16.8 Å². The maximum Gasteiger partial charge on any atom is 0.416 e. The summed E-state index contributed by atoms with van der Waals surface area (Å²) >= 11 is 0. The molecule has 0 fully saturated rings. The lowest BCUT2D eigenvalue weighted by Gasteiger charge is -2.17. The molecule has 4 aromatic rings. The Morgan fingerprint density at radius 1 is 0.524 bits per heavy atom. The van der Waals surface area contributed by atoms with E-state index in [0.717, 1.165) is 60.7 Å². The molecule has 0 aromatic heterocycles. The van der Waals surface area contributed by atoms with Crippen molar-refractivity contribution in [3.8, 4) is 11.1 Å². The Morgan fingerprint density at radius 2 is 0.952 bits per heavy atom. The summed E-state index contributed by atoms with van der Waals surface area (Å²) < 4.78 is 164. The van der Waals surface area contributed by atoms with E-state index in [2.05, 4.69) is 0 Å². The summed E-state index contributed by atoms with van der Waals surface area (Å²) in [5, 5.41) is 0. The van der Waals surface area contributed by atoms with E-state index in [1.165, 1.54) is 0 Å². The summed E-state index contributed by atoms with van der Waals surface area (Å²) in [5.74, 6) is -2.17. The monoisotopic (exact) mass is 636 g/mol. The number of alkyl halides is 6. The fraction of sp³-hybridized carbons (Fsp3) is 0.0769. The fourth-order valence-corrected chi connectivity index (χ4v) is 5.97. The van der Waals surface area contributed by atoms with Crippen molar-refractivity contribution in [2.75, 3.05) is 9.44 Å². The highest BCUT2D eigenvalue weighted by Gasteiger charge is 2.33. The Labute approximate surface area is 233 Å². The number of benzene rings is 4. The van der Waals surface area contributed by atoms with Gasteiger partial charge in [-0.3, -0.25) is 9.44 Å². The van der Waals surface area contributed by atoms with E-state index < -0.39 is 81.9 Å². The van der Waals surface area contributed by atoms with Gasteiger partial charge in [0.05, 0.1) is 37.9 Å². The number of sulfonamides is 2. The molecule has 0 unspecified atom stereocenters. The van der Waals surface area contributed by atoms with Gasteiger partial charge in [0.15, 0.2) is 0 Å². The number of nitrogens with one attached hydrogen (secondary N) is 2. The van der Waals surface area contributed by atoms with Crippen molar-refractivity contribution >= 4 is 31.4 Å². The van der Waals surface area contributed by atoms with Gasteiger partial charge in [-0.05, 0) is 66.2 Å². The molecule has 0 saturated carbocycles. The van der Waals surface area contributed by atoms with E-state index >= 15 is 0 Å². The molecule has 0 spiro atoms. The molecule has 2 N–H and O–H groups in total. The first-order chi connectivity index (χ1) is 19.4. The molecule has 0 aliphatic carbocycles. The van der Waals surface area contributed by atoms with Gasteiger partial charge in [0.1, 0.15) is 11.6 Å². The molecule has 6 nitrogen and oxygen atoms in total. The molecule has 16 heteroatoms. The number of hydrogen-bond donors (Lipinski definition) is 2. The fourth-order valence-electron chi connectivity index (χ4n) is 3.73. The van der Waals surface area contributed by atoms with Crippen LogP contribution in [0.5, 0.6) is 0 Å². The Bertz CT molecular complexity index is 1850. The average molecular weight is 637 g/mol. The molecule has 0 bridgehead atoms. The van der Waals surface area contributed by atoms with Crippen LogP contribution in [0.3, 0.4) is 0 Å². The van der Waals surface area contributed by atoms with Crippen LogP contribution in [0.15, 0.2) is 94.7 Å². The van der Waals surface area contributed by atoms with E-state index in [0.29, 0.717) is 24.3 Å². The summed E-state index contributed by atoms with van der Waals surface area (Å²) in [4.78, 5) is -1.76. The highest BCUT2D eigenvalue weighted by molar-refractivity contribution is 7.93. The molecular weight excluding hydrogens is 620 g/mol. The molecule has 0 amide bonds. The molecule has 0 saturated heterocycles. The minimum absolute atomic E-state index is 0.301. The third kappa shape index (κ3) is 6.65. The quantitative estimate of drug-likeness (QED) is 0.209. The van der Waals surface area contributed by atoms with Crippen LogP contribution in [0.25, 0.3) is 11.1 Å². The topological polar surface area (TPSA) is 92.3 Å². The van der Waals surface area contributed by atoms with Gasteiger partial charge in [0, 0.05) is 0 Å². The summed E-state index contributed by atoms with van der Waals surface area (Å²) in [5.41, 5.74) is -4.91. The second-order valence-electron chi connectivity index (χ2n) is 8.62. The predicted octanol–water partition coefficient (Wildman–Crippen LogP) is 7.27. The second-order valence-corrected chi connectivity index (χ2v) is 12.0. The number of anilines is 2. The van der Waals surface area contributed by atoms with Gasteiger partial charge in [-0.25, -0.2) is 25.6 Å². The van der Waals surface area contributed by atoms with Crippen LogP contribution in [0.1, 0.15) is 11.1 Å².